The van der Waals surface area contributed by atoms with Crippen LogP contribution in [-0.4, -0.2) is 14.5 Å². The summed E-state index contributed by atoms with van der Waals surface area (Å²) in [6.45, 7) is 7.31. The molecule has 0 amide bonds. The molecule has 0 spiro atoms. The lowest BCUT2D eigenvalue weighted by molar-refractivity contribution is 0.578. The number of imidazole rings is 1. The molecule has 4 heteroatoms. The predicted octanol–water partition coefficient (Wildman–Crippen LogP) is 3.70. The Balaban J connectivity index is 2.09. The Morgan fingerprint density at radius 1 is 1.56 bits per heavy atom. The number of hydrogen-bond donors (Lipinski definition) is 0. The van der Waals surface area contributed by atoms with E-state index in [4.69, 9.17) is 11.6 Å². The molecule has 18 heavy (non-hydrogen) atoms. The fourth-order valence-corrected chi connectivity index (χ4v) is 2.67. The van der Waals surface area contributed by atoms with Crippen molar-refractivity contribution in [1.29, 1.82) is 0 Å². The molecule has 0 aromatic carbocycles. The Morgan fingerprint density at radius 2 is 2.28 bits per heavy atom. The second kappa shape index (κ2) is 4.23. The minimum atomic E-state index is -0.0754. The van der Waals surface area contributed by atoms with E-state index in [1.807, 2.05) is 20.0 Å². The quantitative estimate of drug-likeness (QED) is 0.791. The molecule has 3 unspecified atom stereocenters. The van der Waals surface area contributed by atoms with Crippen LogP contribution in [0.25, 0.3) is 11.2 Å². The molecule has 3 nitrogen and oxygen atoms in total. The zero-order valence-corrected chi connectivity index (χ0v) is 11.8. The minimum Gasteiger partial charge on any atom is -0.311 e. The summed E-state index contributed by atoms with van der Waals surface area (Å²) in [5, 5.41) is -0.0754. The number of nitrogens with zero attached hydrogens (tertiary/aromatic N) is 3. The Labute approximate surface area is 112 Å². The maximum Gasteiger partial charge on any atom is 0.160 e. The molecule has 1 fully saturated rings. The number of aromatic nitrogens is 3. The number of aryl methyl sites for hydroxylation is 1. The van der Waals surface area contributed by atoms with Gasteiger partial charge in [-0.1, -0.05) is 6.92 Å². The highest BCUT2D eigenvalue weighted by atomic mass is 35.5. The maximum absolute atomic E-state index is 6.25. The molecule has 96 valence electrons. The van der Waals surface area contributed by atoms with Crippen molar-refractivity contribution >= 4 is 22.8 Å². The number of alkyl halides is 1. The van der Waals surface area contributed by atoms with Crippen LogP contribution in [0.3, 0.4) is 0 Å². The van der Waals surface area contributed by atoms with Gasteiger partial charge in [0.1, 0.15) is 11.3 Å². The van der Waals surface area contributed by atoms with E-state index < -0.39 is 0 Å². The molecule has 2 heterocycles. The van der Waals surface area contributed by atoms with Crippen molar-refractivity contribution in [1.82, 2.24) is 14.5 Å². The molecule has 0 N–H and O–H groups in total. The summed E-state index contributed by atoms with van der Waals surface area (Å²) in [6, 6.07) is 2.08. The molecule has 1 aliphatic rings. The van der Waals surface area contributed by atoms with Crippen LogP contribution in [0.15, 0.2) is 12.3 Å². The minimum absolute atomic E-state index is 0.0754. The molecule has 3 rings (SSSR count). The summed E-state index contributed by atoms with van der Waals surface area (Å²) in [5.74, 6) is 2.54. The van der Waals surface area contributed by atoms with E-state index >= 15 is 0 Å². The van der Waals surface area contributed by atoms with Crippen LogP contribution in [0.4, 0.5) is 0 Å². The molecule has 0 saturated heterocycles. The van der Waals surface area contributed by atoms with Crippen LogP contribution in [0.2, 0.25) is 0 Å². The molecule has 0 aliphatic heterocycles. The van der Waals surface area contributed by atoms with Crippen LogP contribution in [0.5, 0.6) is 0 Å². The zero-order valence-electron chi connectivity index (χ0n) is 11.0. The standard InChI is InChI=1S/C14H18ClN3/c1-8-4-12-14(16-6-8)18(7-11-5-9(11)2)13(17-12)10(3)15/h4,6,9-11H,5,7H2,1-3H3. The van der Waals surface area contributed by atoms with Crippen LogP contribution in [0.1, 0.15) is 37.0 Å². The molecule has 0 radical (unpaired) electrons. The van der Waals surface area contributed by atoms with Crippen molar-refractivity contribution in [2.75, 3.05) is 0 Å². The average Bonchev–Trinajstić information content (AvgIpc) is 2.87. The first-order valence-electron chi connectivity index (χ1n) is 6.53. The summed E-state index contributed by atoms with van der Waals surface area (Å²) < 4.78 is 2.21. The third kappa shape index (κ3) is 2.01. The maximum atomic E-state index is 6.25. The smallest absolute Gasteiger partial charge is 0.160 e. The largest absolute Gasteiger partial charge is 0.311 e. The lowest BCUT2D eigenvalue weighted by Crippen LogP contribution is -2.07. The van der Waals surface area contributed by atoms with E-state index in [9.17, 15) is 0 Å². The summed E-state index contributed by atoms with van der Waals surface area (Å²) >= 11 is 6.25. The number of fused-ring (bicyclic) bond motifs is 1. The fourth-order valence-electron chi connectivity index (χ4n) is 2.50. The Morgan fingerprint density at radius 3 is 2.89 bits per heavy atom. The summed E-state index contributed by atoms with van der Waals surface area (Å²) in [7, 11) is 0. The summed E-state index contributed by atoms with van der Waals surface area (Å²) in [6.07, 6.45) is 3.21. The highest BCUT2D eigenvalue weighted by molar-refractivity contribution is 6.20. The Bertz CT molecular complexity index is 588. The van der Waals surface area contributed by atoms with Gasteiger partial charge >= 0.3 is 0 Å². The highest BCUT2D eigenvalue weighted by Gasteiger charge is 2.34. The van der Waals surface area contributed by atoms with Gasteiger partial charge in [0.15, 0.2) is 5.65 Å². The number of pyridine rings is 1. The van der Waals surface area contributed by atoms with E-state index in [0.717, 1.165) is 40.9 Å². The lowest BCUT2D eigenvalue weighted by atomic mass is 10.3. The van der Waals surface area contributed by atoms with Gasteiger partial charge in [-0.25, -0.2) is 9.97 Å². The van der Waals surface area contributed by atoms with Gasteiger partial charge in [0.25, 0.3) is 0 Å². The van der Waals surface area contributed by atoms with Gasteiger partial charge in [-0.2, -0.15) is 0 Å². The molecule has 0 bridgehead atoms. The van der Waals surface area contributed by atoms with Gasteiger partial charge in [0, 0.05) is 12.7 Å². The van der Waals surface area contributed by atoms with Gasteiger partial charge in [-0.05, 0) is 43.7 Å². The van der Waals surface area contributed by atoms with Gasteiger partial charge in [-0.15, -0.1) is 11.6 Å². The van der Waals surface area contributed by atoms with Crippen LogP contribution >= 0.6 is 11.6 Å². The van der Waals surface area contributed by atoms with Crippen molar-refractivity contribution < 1.29 is 0 Å². The van der Waals surface area contributed by atoms with Crippen molar-refractivity contribution in [3.63, 3.8) is 0 Å². The van der Waals surface area contributed by atoms with Crippen molar-refractivity contribution in [2.45, 2.75) is 39.1 Å². The fraction of sp³-hybridized carbons (Fsp3) is 0.571. The number of rotatable bonds is 3. The Kier molecular flexibility index (Phi) is 2.81. The molecular weight excluding hydrogens is 246 g/mol. The summed E-state index contributed by atoms with van der Waals surface area (Å²) in [4.78, 5) is 9.18. The van der Waals surface area contributed by atoms with Crippen LogP contribution in [0, 0.1) is 18.8 Å². The van der Waals surface area contributed by atoms with Crippen LogP contribution in [-0.2, 0) is 6.54 Å². The second-order valence-corrected chi connectivity index (χ2v) is 6.18. The number of hydrogen-bond acceptors (Lipinski definition) is 2. The van der Waals surface area contributed by atoms with E-state index in [1.54, 1.807) is 0 Å². The van der Waals surface area contributed by atoms with Gasteiger partial charge < -0.3 is 4.57 Å². The van der Waals surface area contributed by atoms with Crippen molar-refractivity contribution in [3.8, 4) is 0 Å². The van der Waals surface area contributed by atoms with E-state index in [0.29, 0.717) is 0 Å². The predicted molar refractivity (Wildman–Crippen MR) is 73.8 cm³/mol. The Hall–Kier alpha value is -1.09. The monoisotopic (exact) mass is 263 g/mol. The SMILES string of the molecule is Cc1cnc2c(c1)nc(C(C)Cl)n2CC1CC1C. The first-order chi connectivity index (χ1) is 8.56. The molecule has 2 aromatic heterocycles. The molecule has 1 saturated carbocycles. The highest BCUT2D eigenvalue weighted by Crippen LogP contribution is 2.40. The average molecular weight is 264 g/mol. The van der Waals surface area contributed by atoms with E-state index in [-0.39, 0.29) is 5.38 Å². The van der Waals surface area contributed by atoms with E-state index in [2.05, 4.69) is 27.5 Å². The first kappa shape index (κ1) is 12.0. The molecule has 1 aliphatic carbocycles. The van der Waals surface area contributed by atoms with Crippen LogP contribution < -0.4 is 0 Å². The topological polar surface area (TPSA) is 30.7 Å². The van der Waals surface area contributed by atoms with Crippen molar-refractivity contribution in [2.24, 2.45) is 11.8 Å². The normalized spacial score (nSPS) is 24.4. The molecule has 3 atom stereocenters. The van der Waals surface area contributed by atoms with Gasteiger partial charge in [0.05, 0.1) is 5.38 Å². The summed E-state index contributed by atoms with van der Waals surface area (Å²) in [5.41, 5.74) is 3.08. The van der Waals surface area contributed by atoms with Crippen molar-refractivity contribution in [3.05, 3.63) is 23.7 Å². The molecule has 2 aromatic rings. The first-order valence-corrected chi connectivity index (χ1v) is 6.96. The second-order valence-electron chi connectivity index (χ2n) is 5.53. The molecular formula is C14H18ClN3. The third-order valence-corrected chi connectivity index (χ3v) is 4.00. The third-order valence-electron chi connectivity index (χ3n) is 3.80. The number of halogens is 1. The van der Waals surface area contributed by atoms with Gasteiger partial charge in [0.2, 0.25) is 0 Å². The zero-order chi connectivity index (χ0) is 12.9. The van der Waals surface area contributed by atoms with Gasteiger partial charge in [-0.3, -0.25) is 0 Å². The lowest BCUT2D eigenvalue weighted by Gasteiger charge is -2.09. The van der Waals surface area contributed by atoms with E-state index in [1.165, 1.54) is 6.42 Å².